The number of rotatable bonds is 5. The maximum Gasteiger partial charge on any atom is 0.119 e. The number of hydrogen-bond donors (Lipinski definition) is 2. The van der Waals surface area contributed by atoms with Crippen molar-refractivity contribution in [1.82, 2.24) is 0 Å². The summed E-state index contributed by atoms with van der Waals surface area (Å²) >= 11 is 0. The predicted octanol–water partition coefficient (Wildman–Crippen LogP) is 4.22. The van der Waals surface area contributed by atoms with Crippen LogP contribution in [0.15, 0.2) is 61.7 Å². The molecule has 0 bridgehead atoms. The molecule has 0 saturated carbocycles. The van der Waals surface area contributed by atoms with Gasteiger partial charge in [0.25, 0.3) is 0 Å². The van der Waals surface area contributed by atoms with Gasteiger partial charge < -0.3 is 10.2 Å². The molecule has 0 aromatic heterocycles. The Bertz CT molecular complexity index is 625. The van der Waals surface area contributed by atoms with Gasteiger partial charge in [-0.05, 0) is 47.7 Å². The van der Waals surface area contributed by atoms with E-state index in [4.69, 9.17) is 0 Å². The fraction of sp³-hybridized carbons (Fsp3) is 0.111. The second-order valence-electron chi connectivity index (χ2n) is 4.62. The van der Waals surface area contributed by atoms with Gasteiger partial charge in [0, 0.05) is 5.56 Å². The Balaban J connectivity index is 2.62. The molecule has 0 spiro atoms. The molecule has 0 fully saturated rings. The van der Waals surface area contributed by atoms with Crippen LogP contribution >= 0.6 is 0 Å². The molecule has 0 amide bonds. The number of allylic oxidation sites excluding steroid dienone is 2. The highest BCUT2D eigenvalue weighted by Crippen LogP contribution is 2.33. The first-order chi connectivity index (χ1) is 9.67. The fourth-order valence-corrected chi connectivity index (χ4v) is 2.34. The Morgan fingerprint density at radius 3 is 2.00 bits per heavy atom. The van der Waals surface area contributed by atoms with E-state index in [1.165, 1.54) is 0 Å². The molecule has 0 aliphatic rings. The quantitative estimate of drug-likeness (QED) is 0.795. The van der Waals surface area contributed by atoms with Gasteiger partial charge in [-0.1, -0.05) is 30.4 Å². The van der Waals surface area contributed by atoms with Crippen molar-refractivity contribution in [2.24, 2.45) is 0 Å². The van der Waals surface area contributed by atoms with Crippen LogP contribution < -0.4 is 0 Å². The lowest BCUT2D eigenvalue weighted by Gasteiger charge is -2.15. The molecule has 2 nitrogen and oxygen atoms in total. The second-order valence-corrected chi connectivity index (χ2v) is 4.62. The van der Waals surface area contributed by atoms with Gasteiger partial charge in [-0.2, -0.15) is 0 Å². The molecule has 102 valence electrons. The summed E-state index contributed by atoms with van der Waals surface area (Å²) in [5, 5.41) is 19.4. The normalized spacial score (nSPS) is 10.2. The molecule has 0 unspecified atom stereocenters. The topological polar surface area (TPSA) is 40.5 Å². The smallest absolute Gasteiger partial charge is 0.119 e. The summed E-state index contributed by atoms with van der Waals surface area (Å²) in [5.41, 5.74) is 3.97. The van der Waals surface area contributed by atoms with Gasteiger partial charge in [-0.3, -0.25) is 0 Å². The molecular weight excluding hydrogens is 248 g/mol. The van der Waals surface area contributed by atoms with E-state index in [1.54, 1.807) is 24.3 Å². The van der Waals surface area contributed by atoms with E-state index in [0.717, 1.165) is 22.3 Å². The Labute approximate surface area is 119 Å². The zero-order chi connectivity index (χ0) is 14.5. The second kappa shape index (κ2) is 6.11. The molecule has 2 rings (SSSR count). The van der Waals surface area contributed by atoms with Crippen LogP contribution in [0.25, 0.3) is 11.1 Å². The Kier molecular flexibility index (Phi) is 4.26. The highest BCUT2D eigenvalue weighted by Gasteiger charge is 2.12. The van der Waals surface area contributed by atoms with Crippen molar-refractivity contribution in [1.29, 1.82) is 0 Å². The Morgan fingerprint density at radius 2 is 1.40 bits per heavy atom. The number of aromatic hydroxyl groups is 2. The predicted molar refractivity (Wildman–Crippen MR) is 83.0 cm³/mol. The summed E-state index contributed by atoms with van der Waals surface area (Å²) in [6, 6.07) is 10.7. The van der Waals surface area contributed by atoms with Gasteiger partial charge in [0.05, 0.1) is 0 Å². The monoisotopic (exact) mass is 266 g/mol. The number of benzene rings is 2. The minimum Gasteiger partial charge on any atom is -0.508 e. The van der Waals surface area contributed by atoms with E-state index in [2.05, 4.69) is 13.2 Å². The van der Waals surface area contributed by atoms with E-state index in [1.807, 2.05) is 24.3 Å². The standard InChI is InChI=1S/C18H18O2/c1-3-5-16-15(13-7-9-14(19)10-8-13)11-12-18(20)17(16)6-4-2/h3-4,7-12,19-20H,1-2,5-6H2. The lowest BCUT2D eigenvalue weighted by Crippen LogP contribution is -1.96. The van der Waals surface area contributed by atoms with Gasteiger partial charge in [-0.15, -0.1) is 13.2 Å². The van der Waals surface area contributed by atoms with Crippen molar-refractivity contribution in [3.05, 3.63) is 72.8 Å². The van der Waals surface area contributed by atoms with Crippen LogP contribution in [0.3, 0.4) is 0 Å². The molecule has 0 aliphatic carbocycles. The van der Waals surface area contributed by atoms with Crippen LogP contribution in [0.1, 0.15) is 11.1 Å². The van der Waals surface area contributed by atoms with E-state index < -0.39 is 0 Å². The first-order valence-electron chi connectivity index (χ1n) is 6.52. The minimum atomic E-state index is 0.240. The molecule has 2 aromatic rings. The molecule has 20 heavy (non-hydrogen) atoms. The molecule has 0 heterocycles. The number of phenols is 2. The van der Waals surface area contributed by atoms with Crippen molar-refractivity contribution < 1.29 is 10.2 Å². The van der Waals surface area contributed by atoms with Gasteiger partial charge >= 0.3 is 0 Å². The van der Waals surface area contributed by atoms with Crippen LogP contribution in [0.4, 0.5) is 0 Å². The van der Waals surface area contributed by atoms with E-state index in [9.17, 15) is 10.2 Å². The van der Waals surface area contributed by atoms with Crippen molar-refractivity contribution >= 4 is 0 Å². The minimum absolute atomic E-state index is 0.240. The van der Waals surface area contributed by atoms with Crippen LogP contribution in [-0.2, 0) is 12.8 Å². The summed E-state index contributed by atoms with van der Waals surface area (Å²) in [4.78, 5) is 0. The molecule has 0 saturated heterocycles. The van der Waals surface area contributed by atoms with Crippen molar-refractivity contribution in [3.63, 3.8) is 0 Å². The van der Waals surface area contributed by atoms with Gasteiger partial charge in [0.1, 0.15) is 11.5 Å². The van der Waals surface area contributed by atoms with Gasteiger partial charge in [0.15, 0.2) is 0 Å². The Morgan fingerprint density at radius 1 is 0.800 bits per heavy atom. The van der Waals surface area contributed by atoms with Gasteiger partial charge in [0.2, 0.25) is 0 Å². The third-order valence-corrected chi connectivity index (χ3v) is 3.28. The first kappa shape index (κ1) is 13.9. The number of phenolic OH excluding ortho intramolecular Hbond substituents is 2. The van der Waals surface area contributed by atoms with E-state index >= 15 is 0 Å². The third kappa shape index (κ3) is 2.75. The van der Waals surface area contributed by atoms with Crippen molar-refractivity contribution in [3.8, 4) is 22.6 Å². The molecule has 2 aromatic carbocycles. The molecule has 2 heteroatoms. The SMILES string of the molecule is C=CCc1c(O)ccc(-c2ccc(O)cc2)c1CC=C. The van der Waals surface area contributed by atoms with Crippen LogP contribution in [0.2, 0.25) is 0 Å². The van der Waals surface area contributed by atoms with Crippen molar-refractivity contribution in [2.75, 3.05) is 0 Å². The lowest BCUT2D eigenvalue weighted by molar-refractivity contribution is 0.469. The fourth-order valence-electron chi connectivity index (χ4n) is 2.34. The summed E-state index contributed by atoms with van der Waals surface area (Å²) in [6.07, 6.45) is 4.89. The maximum atomic E-state index is 10.0. The summed E-state index contributed by atoms with van der Waals surface area (Å²) < 4.78 is 0. The zero-order valence-corrected chi connectivity index (χ0v) is 11.3. The average molecular weight is 266 g/mol. The van der Waals surface area contributed by atoms with Crippen LogP contribution in [-0.4, -0.2) is 10.2 Å². The van der Waals surface area contributed by atoms with Crippen molar-refractivity contribution in [2.45, 2.75) is 12.8 Å². The van der Waals surface area contributed by atoms with E-state index in [-0.39, 0.29) is 11.5 Å². The largest absolute Gasteiger partial charge is 0.508 e. The first-order valence-corrected chi connectivity index (χ1v) is 6.52. The zero-order valence-electron chi connectivity index (χ0n) is 11.3. The third-order valence-electron chi connectivity index (χ3n) is 3.28. The number of hydrogen-bond acceptors (Lipinski definition) is 2. The van der Waals surface area contributed by atoms with Crippen LogP contribution in [0, 0.1) is 0 Å². The maximum absolute atomic E-state index is 10.0. The highest BCUT2D eigenvalue weighted by molar-refractivity contribution is 5.71. The lowest BCUT2D eigenvalue weighted by atomic mass is 9.91. The molecule has 0 atom stereocenters. The van der Waals surface area contributed by atoms with Crippen LogP contribution in [0.5, 0.6) is 11.5 Å². The summed E-state index contributed by atoms with van der Waals surface area (Å²) in [6.45, 7) is 7.53. The molecule has 0 aliphatic heterocycles. The molecule has 0 radical (unpaired) electrons. The average Bonchev–Trinajstić information content (AvgIpc) is 2.44. The van der Waals surface area contributed by atoms with Gasteiger partial charge in [-0.25, -0.2) is 0 Å². The summed E-state index contributed by atoms with van der Waals surface area (Å²) in [5.74, 6) is 0.522. The summed E-state index contributed by atoms with van der Waals surface area (Å²) in [7, 11) is 0. The Hall–Kier alpha value is -2.48. The molecule has 2 N–H and O–H groups in total. The highest BCUT2D eigenvalue weighted by atomic mass is 16.3. The van der Waals surface area contributed by atoms with E-state index in [0.29, 0.717) is 12.8 Å². The molecular formula is C18H18O2.